The molecule has 0 saturated carbocycles. The third kappa shape index (κ3) is 4.24. The van der Waals surface area contributed by atoms with E-state index in [4.69, 9.17) is 19.8 Å². The Balaban J connectivity index is 1.26. The van der Waals surface area contributed by atoms with Gasteiger partial charge in [-0.1, -0.05) is 66.7 Å². The van der Waals surface area contributed by atoms with E-state index in [1.165, 1.54) is 22.3 Å². The Bertz CT molecular complexity index is 1570. The number of hydrogen-bond acceptors (Lipinski definition) is 6. The molecule has 1 aliphatic heterocycles. The summed E-state index contributed by atoms with van der Waals surface area (Å²) in [6.45, 7) is 2.32. The Kier molecular flexibility index (Phi) is 5.69. The van der Waals surface area contributed by atoms with Crippen LogP contribution in [0.2, 0.25) is 0 Å². The van der Waals surface area contributed by atoms with Gasteiger partial charge >= 0.3 is 0 Å². The maximum absolute atomic E-state index is 5.35. The zero-order chi connectivity index (χ0) is 25.5. The zero-order valence-electron chi connectivity index (χ0n) is 21.5. The maximum Gasteiger partial charge on any atom is 0.226 e. The summed E-state index contributed by atoms with van der Waals surface area (Å²) in [5, 5.41) is 9.77. The number of nitrogens with one attached hydrogen (secondary N) is 1. The van der Waals surface area contributed by atoms with E-state index in [-0.39, 0.29) is 6.04 Å². The minimum Gasteiger partial charge on any atom is -0.497 e. The van der Waals surface area contributed by atoms with Crippen molar-refractivity contribution in [2.24, 2.45) is 0 Å². The summed E-state index contributed by atoms with van der Waals surface area (Å²) in [7, 11) is 1.70. The summed E-state index contributed by atoms with van der Waals surface area (Å²) in [5.74, 6) is 2.50. The van der Waals surface area contributed by atoms with Gasteiger partial charge in [0.25, 0.3) is 0 Å². The van der Waals surface area contributed by atoms with E-state index in [0.717, 1.165) is 60.6 Å². The van der Waals surface area contributed by atoms with Gasteiger partial charge in [-0.25, -0.2) is 4.68 Å². The van der Waals surface area contributed by atoms with Crippen LogP contribution in [0.5, 0.6) is 5.75 Å². The summed E-state index contributed by atoms with van der Waals surface area (Å²) in [5.41, 5.74) is 7.22. The number of fused-ring (bicyclic) bond motifs is 1. The highest BCUT2D eigenvalue weighted by molar-refractivity contribution is 5.92. The number of hydrogen-bond donors (Lipinski definition) is 1. The molecule has 7 heteroatoms. The molecule has 2 aromatic heterocycles. The van der Waals surface area contributed by atoms with Crippen molar-refractivity contribution in [3.8, 4) is 5.75 Å². The first kappa shape index (κ1) is 22.8. The van der Waals surface area contributed by atoms with Crippen LogP contribution in [-0.4, -0.2) is 39.4 Å². The van der Waals surface area contributed by atoms with E-state index in [9.17, 15) is 0 Å². The van der Waals surface area contributed by atoms with Crippen LogP contribution in [-0.2, 0) is 32.4 Å². The second-order valence-corrected chi connectivity index (χ2v) is 10.2. The lowest BCUT2D eigenvalue weighted by atomic mass is 10.1. The summed E-state index contributed by atoms with van der Waals surface area (Å²) >= 11 is 0. The van der Waals surface area contributed by atoms with Crippen LogP contribution in [0.25, 0.3) is 11.0 Å². The Hall–Kier alpha value is -4.39. The van der Waals surface area contributed by atoms with E-state index in [2.05, 4.69) is 75.6 Å². The second-order valence-electron chi connectivity index (χ2n) is 10.2. The fraction of sp³-hybridized carbons (Fsp3) is 0.258. The molecule has 7 rings (SSSR count). The van der Waals surface area contributed by atoms with Gasteiger partial charge in [0.15, 0.2) is 5.65 Å². The predicted molar refractivity (Wildman–Crippen MR) is 150 cm³/mol. The number of ether oxygens (including phenoxy) is 1. The molecule has 3 aromatic carbocycles. The van der Waals surface area contributed by atoms with Crippen LogP contribution in [0.4, 0.5) is 11.8 Å². The van der Waals surface area contributed by atoms with Gasteiger partial charge in [-0.05, 0) is 47.2 Å². The number of aromatic nitrogens is 4. The van der Waals surface area contributed by atoms with Gasteiger partial charge in [0.05, 0.1) is 24.7 Å². The molecule has 5 aromatic rings. The largest absolute Gasteiger partial charge is 0.497 e. The van der Waals surface area contributed by atoms with E-state index >= 15 is 0 Å². The fourth-order valence-corrected chi connectivity index (χ4v) is 5.76. The van der Waals surface area contributed by atoms with Crippen molar-refractivity contribution in [2.45, 2.75) is 38.4 Å². The van der Waals surface area contributed by atoms with Crippen molar-refractivity contribution in [3.63, 3.8) is 0 Å². The molecule has 1 aliphatic carbocycles. The van der Waals surface area contributed by atoms with Gasteiger partial charge in [0, 0.05) is 25.6 Å². The maximum atomic E-state index is 5.35. The number of benzene rings is 3. The van der Waals surface area contributed by atoms with Crippen LogP contribution in [0.3, 0.4) is 0 Å². The lowest BCUT2D eigenvalue weighted by Gasteiger charge is -2.28. The summed E-state index contributed by atoms with van der Waals surface area (Å²) in [6, 6.07) is 27.7. The van der Waals surface area contributed by atoms with Gasteiger partial charge in [0.2, 0.25) is 5.95 Å². The molecule has 190 valence electrons. The molecule has 2 aliphatic rings. The van der Waals surface area contributed by atoms with E-state index < -0.39 is 0 Å². The smallest absolute Gasteiger partial charge is 0.226 e. The number of rotatable bonds is 7. The molecule has 0 spiro atoms. The number of nitrogens with zero attached hydrogens (tertiary/aromatic N) is 5. The van der Waals surface area contributed by atoms with Crippen molar-refractivity contribution < 1.29 is 4.74 Å². The highest BCUT2D eigenvalue weighted by Crippen LogP contribution is 2.35. The molecule has 38 heavy (non-hydrogen) atoms. The van der Waals surface area contributed by atoms with Gasteiger partial charge in [0.1, 0.15) is 11.6 Å². The highest BCUT2D eigenvalue weighted by atomic mass is 16.5. The Morgan fingerprint density at radius 1 is 0.842 bits per heavy atom. The molecule has 0 saturated heterocycles. The fourth-order valence-electron chi connectivity index (χ4n) is 5.76. The quantitative estimate of drug-likeness (QED) is 0.337. The van der Waals surface area contributed by atoms with Gasteiger partial charge in [-0.3, -0.25) is 0 Å². The summed E-state index contributed by atoms with van der Waals surface area (Å²) < 4.78 is 7.40. The molecule has 0 radical (unpaired) electrons. The standard InChI is InChI=1S/C31H30N6O/c1-38-26-13-11-22(12-14-26)19-36-16-15-27-28-29(36)33-31(32-25-17-23-9-5-6-10-24(23)18-25)34-30(28)37(35-27)20-21-7-3-2-4-8-21/h2-14,25H,15-20H2,1H3,(H,32,33,34). The Morgan fingerprint density at radius 3 is 2.29 bits per heavy atom. The highest BCUT2D eigenvalue weighted by Gasteiger charge is 2.28. The molecule has 0 fully saturated rings. The molecule has 1 N–H and O–H groups in total. The Labute approximate surface area is 222 Å². The first-order valence-electron chi connectivity index (χ1n) is 13.3. The van der Waals surface area contributed by atoms with Crippen molar-refractivity contribution in [1.82, 2.24) is 19.7 Å². The second kappa shape index (κ2) is 9.49. The normalized spacial score (nSPS) is 14.6. The molecule has 0 amide bonds. The number of methoxy groups -OCH3 is 1. The molecule has 3 heterocycles. The minimum atomic E-state index is 0.278. The average Bonchev–Trinajstić information content (AvgIpc) is 3.52. The van der Waals surface area contributed by atoms with Crippen LogP contribution in [0, 0.1) is 0 Å². The van der Waals surface area contributed by atoms with E-state index in [1.54, 1.807) is 7.11 Å². The van der Waals surface area contributed by atoms with Crippen molar-refractivity contribution in [3.05, 3.63) is 107 Å². The molecule has 7 nitrogen and oxygen atoms in total. The van der Waals surface area contributed by atoms with Gasteiger partial charge in [-0.15, -0.1) is 0 Å². The number of anilines is 2. The lowest BCUT2D eigenvalue weighted by Crippen LogP contribution is -2.30. The van der Waals surface area contributed by atoms with Crippen molar-refractivity contribution in [1.29, 1.82) is 0 Å². The summed E-state index contributed by atoms with van der Waals surface area (Å²) in [6.07, 6.45) is 2.84. The topological polar surface area (TPSA) is 68.1 Å². The predicted octanol–water partition coefficient (Wildman–Crippen LogP) is 5.03. The van der Waals surface area contributed by atoms with E-state index in [0.29, 0.717) is 12.5 Å². The molecular formula is C31H30N6O. The first-order chi connectivity index (χ1) is 18.7. The van der Waals surface area contributed by atoms with Gasteiger partial charge < -0.3 is 15.0 Å². The van der Waals surface area contributed by atoms with Crippen molar-refractivity contribution >= 4 is 22.8 Å². The van der Waals surface area contributed by atoms with Crippen LogP contribution >= 0.6 is 0 Å². The third-order valence-corrected chi connectivity index (χ3v) is 7.66. The molecule has 0 atom stereocenters. The van der Waals surface area contributed by atoms with Crippen molar-refractivity contribution in [2.75, 3.05) is 23.9 Å². The zero-order valence-corrected chi connectivity index (χ0v) is 21.5. The Morgan fingerprint density at radius 2 is 1.55 bits per heavy atom. The lowest BCUT2D eigenvalue weighted by molar-refractivity contribution is 0.414. The molecule has 0 bridgehead atoms. The van der Waals surface area contributed by atoms with Crippen LogP contribution in [0.1, 0.15) is 27.9 Å². The first-order valence-corrected chi connectivity index (χ1v) is 13.3. The minimum absolute atomic E-state index is 0.278. The van der Waals surface area contributed by atoms with Crippen LogP contribution < -0.4 is 15.0 Å². The van der Waals surface area contributed by atoms with E-state index in [1.807, 2.05) is 18.2 Å². The monoisotopic (exact) mass is 502 g/mol. The SMILES string of the molecule is COc1ccc(CN2CCc3nn(Cc4ccccc4)c4nc(NC5Cc6ccccc6C5)nc2c34)cc1. The molecular weight excluding hydrogens is 472 g/mol. The average molecular weight is 503 g/mol. The molecule has 0 unspecified atom stereocenters. The van der Waals surface area contributed by atoms with Gasteiger partial charge in [-0.2, -0.15) is 15.1 Å². The third-order valence-electron chi connectivity index (χ3n) is 7.66. The summed E-state index contributed by atoms with van der Waals surface area (Å²) in [4.78, 5) is 12.5. The van der Waals surface area contributed by atoms with Crippen LogP contribution in [0.15, 0.2) is 78.9 Å².